The first-order chi connectivity index (χ1) is 15.7. The lowest BCUT2D eigenvalue weighted by Gasteiger charge is -2.27. The molecule has 0 aliphatic carbocycles. The Kier molecular flexibility index (Phi) is 4.56. The number of hydrogen-bond acceptors (Lipinski definition) is 6. The van der Waals surface area contributed by atoms with Gasteiger partial charge in [-0.25, -0.2) is 19.3 Å². The van der Waals surface area contributed by atoms with Gasteiger partial charge in [-0.05, 0) is 49.1 Å². The Bertz CT molecular complexity index is 1320. The number of halogens is 1. The molecule has 6 rings (SSSR count). The van der Waals surface area contributed by atoms with Crippen molar-refractivity contribution in [1.29, 1.82) is 0 Å². The molecule has 3 aromatic heterocycles. The van der Waals surface area contributed by atoms with E-state index >= 15 is 0 Å². The smallest absolute Gasteiger partial charge is 0.180 e. The number of anilines is 3. The highest BCUT2D eigenvalue weighted by Gasteiger charge is 2.17. The zero-order valence-corrected chi connectivity index (χ0v) is 17.5. The van der Waals surface area contributed by atoms with Crippen LogP contribution in [-0.2, 0) is 6.54 Å². The minimum Gasteiger partial charge on any atom is -0.357 e. The number of imidazole rings is 1. The van der Waals surface area contributed by atoms with Crippen molar-refractivity contribution in [2.75, 3.05) is 23.3 Å². The Morgan fingerprint density at radius 2 is 1.94 bits per heavy atom. The molecule has 1 fully saturated rings. The maximum atomic E-state index is 14.6. The van der Waals surface area contributed by atoms with E-state index < -0.39 is 0 Å². The molecule has 4 aromatic rings. The number of hydrogen-bond donors (Lipinski definition) is 1. The van der Waals surface area contributed by atoms with Crippen LogP contribution in [0.3, 0.4) is 0 Å². The number of pyridine rings is 1. The fraction of sp³-hybridized carbons (Fsp3) is 0.250. The van der Waals surface area contributed by atoms with E-state index in [1.54, 1.807) is 12.4 Å². The van der Waals surface area contributed by atoms with E-state index in [-0.39, 0.29) is 5.82 Å². The summed E-state index contributed by atoms with van der Waals surface area (Å²) < 4.78 is 16.5. The molecule has 5 heterocycles. The van der Waals surface area contributed by atoms with E-state index in [0.29, 0.717) is 34.8 Å². The molecule has 1 saturated heterocycles. The van der Waals surface area contributed by atoms with Crippen molar-refractivity contribution >= 4 is 29.2 Å². The molecule has 0 saturated carbocycles. The third kappa shape index (κ3) is 3.37. The van der Waals surface area contributed by atoms with Crippen molar-refractivity contribution < 1.29 is 4.39 Å². The van der Waals surface area contributed by atoms with Crippen molar-refractivity contribution in [3.05, 3.63) is 66.0 Å². The quantitative estimate of drug-likeness (QED) is 0.516. The monoisotopic (exact) mass is 427 g/mol. The Morgan fingerprint density at radius 3 is 2.78 bits per heavy atom. The predicted molar refractivity (Wildman–Crippen MR) is 123 cm³/mol. The number of nitrogens with zero attached hydrogens (tertiary/aromatic N) is 6. The number of piperidine rings is 1. The van der Waals surface area contributed by atoms with Crippen molar-refractivity contribution in [2.45, 2.75) is 25.8 Å². The van der Waals surface area contributed by atoms with Gasteiger partial charge in [0, 0.05) is 49.0 Å². The zero-order valence-electron chi connectivity index (χ0n) is 17.5. The summed E-state index contributed by atoms with van der Waals surface area (Å²) in [6, 6.07) is 7.52. The first-order valence-electron chi connectivity index (χ1n) is 10.9. The maximum absolute atomic E-state index is 14.6. The highest BCUT2D eigenvalue weighted by atomic mass is 19.1. The topological polar surface area (TPSA) is 70.7 Å². The summed E-state index contributed by atoms with van der Waals surface area (Å²) in [5.41, 5.74) is 4.33. The first kappa shape index (κ1) is 18.9. The molecule has 0 amide bonds. The Labute approximate surface area is 184 Å². The summed E-state index contributed by atoms with van der Waals surface area (Å²) >= 11 is 0. The summed E-state index contributed by atoms with van der Waals surface area (Å²) in [6.07, 6.45) is 12.6. The molecular weight excluding hydrogens is 405 g/mol. The molecule has 0 bridgehead atoms. The Morgan fingerprint density at radius 1 is 1.03 bits per heavy atom. The van der Waals surface area contributed by atoms with Crippen molar-refractivity contribution in [3.8, 4) is 11.3 Å². The van der Waals surface area contributed by atoms with Gasteiger partial charge in [0.05, 0.1) is 24.1 Å². The van der Waals surface area contributed by atoms with E-state index in [2.05, 4.69) is 25.2 Å². The molecule has 1 N–H and O–H groups in total. The predicted octanol–water partition coefficient (Wildman–Crippen LogP) is 4.60. The molecular formula is C24H22FN7. The summed E-state index contributed by atoms with van der Waals surface area (Å²) in [7, 11) is 0. The lowest BCUT2D eigenvalue weighted by molar-refractivity contribution is 0.573. The van der Waals surface area contributed by atoms with Gasteiger partial charge in [0.1, 0.15) is 11.6 Å². The van der Waals surface area contributed by atoms with Crippen molar-refractivity contribution in [3.63, 3.8) is 0 Å². The number of benzene rings is 1. The minimum absolute atomic E-state index is 0.279. The van der Waals surface area contributed by atoms with Gasteiger partial charge in [-0.1, -0.05) is 0 Å². The van der Waals surface area contributed by atoms with Crippen LogP contribution in [0.25, 0.3) is 16.9 Å². The molecule has 0 unspecified atom stereocenters. The van der Waals surface area contributed by atoms with Crippen LogP contribution < -0.4 is 10.2 Å². The van der Waals surface area contributed by atoms with Gasteiger partial charge in [0.25, 0.3) is 0 Å². The third-order valence-electron chi connectivity index (χ3n) is 6.06. The minimum atomic E-state index is -0.279. The van der Waals surface area contributed by atoms with Crippen LogP contribution in [0.5, 0.6) is 0 Å². The molecule has 7 nitrogen and oxygen atoms in total. The van der Waals surface area contributed by atoms with Crippen LogP contribution in [-0.4, -0.2) is 38.7 Å². The largest absolute Gasteiger partial charge is 0.357 e. The van der Waals surface area contributed by atoms with Crippen LogP contribution in [0, 0.1) is 5.82 Å². The zero-order chi connectivity index (χ0) is 21.5. The van der Waals surface area contributed by atoms with E-state index in [1.165, 1.54) is 25.3 Å². The average molecular weight is 427 g/mol. The van der Waals surface area contributed by atoms with Crippen LogP contribution in [0.4, 0.5) is 21.7 Å². The second-order valence-electron chi connectivity index (χ2n) is 8.21. The molecule has 0 radical (unpaired) electrons. The molecule has 2 aliphatic rings. The molecule has 1 aromatic carbocycles. The first-order valence-corrected chi connectivity index (χ1v) is 10.9. The van der Waals surface area contributed by atoms with Gasteiger partial charge in [-0.15, -0.1) is 0 Å². The molecule has 2 aliphatic heterocycles. The number of nitrogens with one attached hydrogen (secondary N) is 1. The van der Waals surface area contributed by atoms with E-state index in [0.717, 1.165) is 30.2 Å². The van der Waals surface area contributed by atoms with Crippen molar-refractivity contribution in [1.82, 2.24) is 19.4 Å². The number of fused-ring (bicyclic) bond motifs is 2. The third-order valence-corrected chi connectivity index (χ3v) is 6.06. The van der Waals surface area contributed by atoms with E-state index in [9.17, 15) is 4.39 Å². The fourth-order valence-electron chi connectivity index (χ4n) is 4.39. The van der Waals surface area contributed by atoms with E-state index in [4.69, 9.17) is 4.98 Å². The van der Waals surface area contributed by atoms with Gasteiger partial charge in [-0.3, -0.25) is 4.99 Å². The second kappa shape index (κ2) is 7.71. The maximum Gasteiger partial charge on any atom is 0.180 e. The standard InChI is InChI=1S/C24H22FN7/c25-20-11-16(10-17-12-26-14-19(17)20)21-15-32-9-6-27-24(32)23(30-21)29-18-4-5-22(28-13-18)31-7-2-1-3-8-31/h4-6,9-11,13-15H,1-3,7-8,12H2,(H,29,30). The summed E-state index contributed by atoms with van der Waals surface area (Å²) in [4.78, 5) is 20.4. The van der Waals surface area contributed by atoms with Gasteiger partial charge in [0.2, 0.25) is 0 Å². The van der Waals surface area contributed by atoms with Crippen LogP contribution in [0.15, 0.2) is 54.0 Å². The molecule has 0 atom stereocenters. The number of aromatic nitrogens is 4. The lowest BCUT2D eigenvalue weighted by Crippen LogP contribution is -2.29. The van der Waals surface area contributed by atoms with Crippen LogP contribution in [0.1, 0.15) is 30.4 Å². The molecule has 32 heavy (non-hydrogen) atoms. The summed E-state index contributed by atoms with van der Waals surface area (Å²) in [5.74, 6) is 1.31. The highest BCUT2D eigenvalue weighted by Crippen LogP contribution is 2.29. The molecule has 8 heteroatoms. The molecule has 0 spiro atoms. The van der Waals surface area contributed by atoms with Crippen LogP contribution in [0.2, 0.25) is 0 Å². The normalized spacial score (nSPS) is 15.3. The van der Waals surface area contributed by atoms with Crippen LogP contribution >= 0.6 is 0 Å². The summed E-state index contributed by atoms with van der Waals surface area (Å²) in [5, 5.41) is 3.35. The SMILES string of the molecule is Fc1cc(-c2cn3ccnc3c(Nc3ccc(N4CCCCC4)nc3)n2)cc2c1C=NC2. The lowest BCUT2D eigenvalue weighted by atomic mass is 10.0. The van der Waals surface area contributed by atoms with Gasteiger partial charge in [-0.2, -0.15) is 0 Å². The summed E-state index contributed by atoms with van der Waals surface area (Å²) in [6.45, 7) is 2.61. The van der Waals surface area contributed by atoms with Gasteiger partial charge < -0.3 is 14.6 Å². The highest BCUT2D eigenvalue weighted by molar-refractivity contribution is 5.86. The number of rotatable bonds is 4. The van der Waals surface area contributed by atoms with Gasteiger partial charge in [0.15, 0.2) is 11.5 Å². The number of aliphatic imine (C=N–C) groups is 1. The Hall–Kier alpha value is -3.81. The van der Waals surface area contributed by atoms with Crippen molar-refractivity contribution in [2.24, 2.45) is 4.99 Å². The van der Waals surface area contributed by atoms with Gasteiger partial charge >= 0.3 is 0 Å². The average Bonchev–Trinajstić information content (AvgIpc) is 3.50. The van der Waals surface area contributed by atoms with E-state index in [1.807, 2.05) is 41.2 Å². The fourth-order valence-corrected chi connectivity index (χ4v) is 4.39. The molecule has 160 valence electrons. The second-order valence-corrected chi connectivity index (χ2v) is 8.21. The Balaban J connectivity index is 1.33.